The number of hydrogen-bond donors (Lipinski definition) is 1. The standard InChI is InChI=1S/C27H30N2O3S/c1-19-12-16-24(17-13-19)33(31,32)29(3)26-11-7-6-10-25(26)27(30)28-20(2)22-15-14-21-8-4-5-9-23(21)18-22/h6-7,10-18,20H,4-5,8-9H2,1-3H3,(H,28,30)/t20-/m1/s1. The topological polar surface area (TPSA) is 66.5 Å². The molecule has 172 valence electrons. The highest BCUT2D eigenvalue weighted by Gasteiger charge is 2.25. The number of fused-ring (bicyclic) bond motifs is 1. The summed E-state index contributed by atoms with van der Waals surface area (Å²) in [7, 11) is -2.32. The second-order valence-corrected chi connectivity index (χ2v) is 10.7. The molecule has 1 aliphatic carbocycles. The maximum atomic E-state index is 13.2. The molecule has 1 atom stereocenters. The Kier molecular flexibility index (Phi) is 6.56. The normalized spacial score (nSPS) is 14.3. The van der Waals surface area contributed by atoms with Gasteiger partial charge in [-0.1, -0.05) is 48.0 Å². The van der Waals surface area contributed by atoms with Gasteiger partial charge < -0.3 is 5.32 Å². The van der Waals surface area contributed by atoms with Crippen LogP contribution in [0.15, 0.2) is 71.6 Å². The molecule has 0 heterocycles. The lowest BCUT2D eigenvalue weighted by Crippen LogP contribution is -2.32. The molecule has 1 aliphatic rings. The molecule has 1 N–H and O–H groups in total. The highest BCUT2D eigenvalue weighted by atomic mass is 32.2. The first kappa shape index (κ1) is 23.1. The maximum absolute atomic E-state index is 13.2. The molecule has 1 amide bonds. The van der Waals surface area contributed by atoms with Crippen molar-refractivity contribution in [3.8, 4) is 0 Å². The minimum absolute atomic E-state index is 0.188. The summed E-state index contributed by atoms with van der Waals surface area (Å²) >= 11 is 0. The van der Waals surface area contributed by atoms with E-state index in [1.54, 1.807) is 48.5 Å². The van der Waals surface area contributed by atoms with Crippen molar-refractivity contribution in [2.45, 2.75) is 50.5 Å². The molecule has 4 rings (SSSR count). The van der Waals surface area contributed by atoms with Crippen molar-refractivity contribution in [2.75, 3.05) is 11.4 Å². The van der Waals surface area contributed by atoms with Gasteiger partial charge in [0.25, 0.3) is 15.9 Å². The first-order chi connectivity index (χ1) is 15.8. The smallest absolute Gasteiger partial charge is 0.264 e. The summed E-state index contributed by atoms with van der Waals surface area (Å²) in [6.07, 6.45) is 4.63. The van der Waals surface area contributed by atoms with Crippen LogP contribution in [0.25, 0.3) is 0 Å². The summed E-state index contributed by atoms with van der Waals surface area (Å²) in [6.45, 7) is 3.86. The predicted octanol–water partition coefficient (Wildman–Crippen LogP) is 5.19. The number of nitrogens with one attached hydrogen (secondary N) is 1. The lowest BCUT2D eigenvalue weighted by atomic mass is 9.89. The number of amides is 1. The van der Waals surface area contributed by atoms with Crippen molar-refractivity contribution in [2.24, 2.45) is 0 Å². The van der Waals surface area contributed by atoms with E-state index in [2.05, 4.69) is 23.5 Å². The van der Waals surface area contributed by atoms with Crippen LogP contribution in [0.4, 0.5) is 5.69 Å². The molecule has 5 nitrogen and oxygen atoms in total. The van der Waals surface area contributed by atoms with Gasteiger partial charge in [0, 0.05) is 7.05 Å². The van der Waals surface area contributed by atoms with Gasteiger partial charge in [-0.15, -0.1) is 0 Å². The Labute approximate surface area is 196 Å². The van der Waals surface area contributed by atoms with Gasteiger partial charge in [0.05, 0.1) is 22.2 Å². The zero-order valence-corrected chi connectivity index (χ0v) is 20.2. The molecule has 0 fully saturated rings. The van der Waals surface area contributed by atoms with E-state index in [9.17, 15) is 13.2 Å². The first-order valence-electron chi connectivity index (χ1n) is 11.3. The maximum Gasteiger partial charge on any atom is 0.264 e. The van der Waals surface area contributed by atoms with Crippen LogP contribution < -0.4 is 9.62 Å². The summed E-state index contributed by atoms with van der Waals surface area (Å²) in [5.41, 5.74) is 5.46. The van der Waals surface area contributed by atoms with Crippen LogP contribution in [0, 0.1) is 6.92 Å². The highest BCUT2D eigenvalue weighted by Crippen LogP contribution is 2.28. The lowest BCUT2D eigenvalue weighted by Gasteiger charge is -2.23. The van der Waals surface area contributed by atoms with Crippen LogP contribution in [-0.4, -0.2) is 21.4 Å². The predicted molar refractivity (Wildman–Crippen MR) is 132 cm³/mol. The molecule has 0 bridgehead atoms. The molecule has 33 heavy (non-hydrogen) atoms. The van der Waals surface area contributed by atoms with Crippen LogP contribution in [0.2, 0.25) is 0 Å². The number of benzene rings is 3. The Balaban J connectivity index is 1.58. The van der Waals surface area contributed by atoms with Gasteiger partial charge in [-0.2, -0.15) is 0 Å². The van der Waals surface area contributed by atoms with Crippen molar-refractivity contribution in [3.05, 3.63) is 94.5 Å². The van der Waals surface area contributed by atoms with Crippen LogP contribution in [0.3, 0.4) is 0 Å². The molecule has 0 radical (unpaired) electrons. The van der Waals surface area contributed by atoms with Crippen molar-refractivity contribution >= 4 is 21.6 Å². The van der Waals surface area contributed by atoms with Gasteiger partial charge in [-0.05, 0) is 80.5 Å². The van der Waals surface area contributed by atoms with Gasteiger partial charge in [0.15, 0.2) is 0 Å². The van der Waals surface area contributed by atoms with E-state index < -0.39 is 10.0 Å². The fraction of sp³-hybridized carbons (Fsp3) is 0.296. The lowest BCUT2D eigenvalue weighted by molar-refractivity contribution is 0.0940. The van der Waals surface area contributed by atoms with Crippen molar-refractivity contribution in [1.29, 1.82) is 0 Å². The number of carbonyl (C=O) groups is 1. The third kappa shape index (κ3) is 4.81. The third-order valence-electron chi connectivity index (χ3n) is 6.39. The van der Waals surface area contributed by atoms with Crippen molar-refractivity contribution in [3.63, 3.8) is 0 Å². The molecule has 0 aliphatic heterocycles. The number of carbonyl (C=O) groups excluding carboxylic acids is 1. The van der Waals surface area contributed by atoms with Gasteiger partial charge in [0.1, 0.15) is 0 Å². The first-order valence-corrected chi connectivity index (χ1v) is 12.8. The van der Waals surface area contributed by atoms with E-state index in [0.717, 1.165) is 24.0 Å². The Hall–Kier alpha value is -3.12. The molecular weight excluding hydrogens is 432 g/mol. The zero-order valence-electron chi connectivity index (χ0n) is 19.3. The number of hydrogen-bond acceptors (Lipinski definition) is 3. The zero-order chi connectivity index (χ0) is 23.6. The van der Waals surface area contributed by atoms with E-state index in [-0.39, 0.29) is 16.8 Å². The van der Waals surface area contributed by atoms with Crippen LogP contribution >= 0.6 is 0 Å². The Morgan fingerprint density at radius 2 is 1.61 bits per heavy atom. The molecule has 0 aromatic heterocycles. The molecule has 3 aromatic rings. The SMILES string of the molecule is Cc1ccc(S(=O)(=O)N(C)c2ccccc2C(=O)N[C@H](C)c2ccc3c(c2)CCCC3)cc1. The average Bonchev–Trinajstić information content (AvgIpc) is 2.83. The second kappa shape index (κ2) is 9.40. The van der Waals surface area contributed by atoms with E-state index in [4.69, 9.17) is 0 Å². The minimum Gasteiger partial charge on any atom is -0.345 e. The van der Waals surface area contributed by atoms with Gasteiger partial charge in [-0.25, -0.2) is 8.42 Å². The Morgan fingerprint density at radius 1 is 0.939 bits per heavy atom. The molecule has 0 spiro atoms. The summed E-state index contributed by atoms with van der Waals surface area (Å²) in [5.74, 6) is -0.304. The number of para-hydroxylation sites is 1. The van der Waals surface area contributed by atoms with Crippen molar-refractivity contribution < 1.29 is 13.2 Å². The van der Waals surface area contributed by atoms with Gasteiger partial charge in [0.2, 0.25) is 0 Å². The number of rotatable bonds is 6. The summed E-state index contributed by atoms with van der Waals surface area (Å²) < 4.78 is 27.6. The van der Waals surface area contributed by atoms with E-state index >= 15 is 0 Å². The number of anilines is 1. The van der Waals surface area contributed by atoms with E-state index in [0.29, 0.717) is 11.3 Å². The number of nitrogens with zero attached hydrogens (tertiary/aromatic N) is 1. The Morgan fingerprint density at radius 3 is 2.33 bits per heavy atom. The monoisotopic (exact) mass is 462 g/mol. The van der Waals surface area contributed by atoms with Crippen LogP contribution in [0.1, 0.15) is 58.4 Å². The molecule has 0 unspecified atom stereocenters. The molecule has 0 saturated heterocycles. The van der Waals surface area contributed by atoms with Crippen molar-refractivity contribution in [1.82, 2.24) is 5.32 Å². The number of aryl methyl sites for hydroxylation is 3. The molecular formula is C27H30N2O3S. The molecule has 6 heteroatoms. The average molecular weight is 463 g/mol. The van der Waals surface area contributed by atoms with Gasteiger partial charge >= 0.3 is 0 Å². The number of sulfonamides is 1. The second-order valence-electron chi connectivity index (χ2n) is 8.73. The van der Waals surface area contributed by atoms with Crippen LogP contribution in [0.5, 0.6) is 0 Å². The fourth-order valence-corrected chi connectivity index (χ4v) is 5.53. The minimum atomic E-state index is -3.80. The summed E-state index contributed by atoms with van der Waals surface area (Å²) in [6, 6.07) is 19.7. The largest absolute Gasteiger partial charge is 0.345 e. The van der Waals surface area contributed by atoms with Gasteiger partial charge in [-0.3, -0.25) is 9.10 Å². The molecule has 0 saturated carbocycles. The molecule has 3 aromatic carbocycles. The summed E-state index contributed by atoms with van der Waals surface area (Å²) in [4.78, 5) is 13.4. The van der Waals surface area contributed by atoms with Crippen LogP contribution in [-0.2, 0) is 22.9 Å². The quantitative estimate of drug-likeness (QED) is 0.548. The fourth-order valence-electron chi connectivity index (χ4n) is 4.32. The van der Waals surface area contributed by atoms with E-state index in [1.165, 1.54) is 35.3 Å². The Bertz CT molecular complexity index is 1270. The third-order valence-corrected chi connectivity index (χ3v) is 8.17. The van der Waals surface area contributed by atoms with E-state index in [1.807, 2.05) is 13.8 Å². The summed E-state index contributed by atoms with van der Waals surface area (Å²) in [5, 5.41) is 3.05. The highest BCUT2D eigenvalue weighted by molar-refractivity contribution is 7.92.